The molecule has 0 amide bonds. The highest BCUT2D eigenvalue weighted by Crippen LogP contribution is 2.43. The lowest BCUT2D eigenvalue weighted by Crippen LogP contribution is -2.09. The van der Waals surface area contributed by atoms with E-state index in [9.17, 15) is 0 Å². The van der Waals surface area contributed by atoms with Gasteiger partial charge in [0.15, 0.2) is 0 Å². The van der Waals surface area contributed by atoms with E-state index in [1.165, 1.54) is 55.2 Å². The summed E-state index contributed by atoms with van der Waals surface area (Å²) in [4.78, 5) is 2.36. The SMILES string of the molecule is c1ccc(-c2ccccc2-c2ccc(N(c3ccc(-c4ccc5oc6c(-c7ccccc7)cccc6c5c4)cc3)c3ccc(-c4cccc5c4c4ccccc4n5-c4ccccc4)cc3)cc2)cc1. The third-order valence-electron chi connectivity index (χ3n) is 13.6. The number of nitrogens with zero attached hydrogens (tertiary/aromatic N) is 2. The molecule has 0 aliphatic carbocycles. The lowest BCUT2D eigenvalue weighted by molar-refractivity contribution is 0.670. The third kappa shape index (κ3) is 7.08. The van der Waals surface area contributed by atoms with Gasteiger partial charge in [-0.2, -0.15) is 0 Å². The topological polar surface area (TPSA) is 21.3 Å². The molecule has 0 spiro atoms. The summed E-state index contributed by atoms with van der Waals surface area (Å²) in [5.41, 5.74) is 20.3. The van der Waals surface area contributed by atoms with Gasteiger partial charge in [-0.1, -0.05) is 194 Å². The summed E-state index contributed by atoms with van der Waals surface area (Å²) >= 11 is 0. The minimum Gasteiger partial charge on any atom is -0.455 e. The van der Waals surface area contributed by atoms with Crippen LogP contribution in [-0.2, 0) is 0 Å². The van der Waals surface area contributed by atoms with E-state index in [0.717, 1.165) is 66.9 Å². The van der Waals surface area contributed by atoms with Gasteiger partial charge >= 0.3 is 0 Å². The Bertz CT molecular complexity index is 3960. The summed E-state index contributed by atoms with van der Waals surface area (Å²) in [5, 5.41) is 4.72. The second-order valence-corrected chi connectivity index (χ2v) is 17.6. The molecule has 0 fully saturated rings. The molecule has 0 N–H and O–H groups in total. The van der Waals surface area contributed by atoms with E-state index < -0.39 is 0 Å². The molecule has 0 atom stereocenters. The minimum atomic E-state index is 0.886. The van der Waals surface area contributed by atoms with E-state index in [0.29, 0.717) is 0 Å². The smallest absolute Gasteiger partial charge is 0.143 e. The quantitative estimate of drug-likeness (QED) is 0.144. The van der Waals surface area contributed by atoms with Gasteiger partial charge in [0.05, 0.1) is 11.0 Å². The van der Waals surface area contributed by atoms with E-state index in [-0.39, 0.29) is 0 Å². The number of rotatable bonds is 9. The molecule has 0 aliphatic rings. The maximum atomic E-state index is 6.53. The van der Waals surface area contributed by atoms with Crippen molar-refractivity contribution in [3.8, 4) is 61.3 Å². The van der Waals surface area contributed by atoms with Gasteiger partial charge in [-0.05, 0) is 123 Å². The van der Waals surface area contributed by atoms with Crippen molar-refractivity contribution in [1.29, 1.82) is 0 Å². The summed E-state index contributed by atoms with van der Waals surface area (Å²) in [7, 11) is 0. The second kappa shape index (κ2) is 16.9. The molecule has 13 aromatic rings. The molecule has 2 aromatic heterocycles. The maximum absolute atomic E-state index is 6.53. The van der Waals surface area contributed by atoms with Crippen molar-refractivity contribution in [3.05, 3.63) is 267 Å². The van der Waals surface area contributed by atoms with Gasteiger partial charge in [-0.25, -0.2) is 0 Å². The molecule has 0 bridgehead atoms. The van der Waals surface area contributed by atoms with Gasteiger partial charge in [-0.15, -0.1) is 0 Å². The number of hydrogen-bond donors (Lipinski definition) is 0. The first-order valence-corrected chi connectivity index (χ1v) is 23.6. The highest BCUT2D eigenvalue weighted by molar-refractivity contribution is 6.16. The van der Waals surface area contributed by atoms with Crippen molar-refractivity contribution in [2.75, 3.05) is 4.90 Å². The van der Waals surface area contributed by atoms with E-state index in [2.05, 4.69) is 270 Å². The fraction of sp³-hybridized carbons (Fsp3) is 0. The molecule has 3 heteroatoms. The zero-order chi connectivity index (χ0) is 45.7. The monoisotopic (exact) mass is 880 g/mol. The van der Waals surface area contributed by atoms with Crippen LogP contribution in [0.15, 0.2) is 271 Å². The molecule has 0 saturated heterocycles. The average Bonchev–Trinajstić information content (AvgIpc) is 3.98. The molecule has 69 heavy (non-hydrogen) atoms. The largest absolute Gasteiger partial charge is 0.455 e. The Hall–Kier alpha value is -9.18. The molecule has 0 radical (unpaired) electrons. The normalized spacial score (nSPS) is 11.5. The molecule has 3 nitrogen and oxygen atoms in total. The molecule has 11 aromatic carbocycles. The van der Waals surface area contributed by atoms with Crippen LogP contribution in [-0.4, -0.2) is 4.57 Å². The van der Waals surface area contributed by atoms with Crippen LogP contribution >= 0.6 is 0 Å². The van der Waals surface area contributed by atoms with Crippen LogP contribution in [0.25, 0.3) is 105 Å². The summed E-state index contributed by atoms with van der Waals surface area (Å²) in [6.07, 6.45) is 0. The van der Waals surface area contributed by atoms with Crippen LogP contribution in [0, 0.1) is 0 Å². The number of aromatic nitrogens is 1. The van der Waals surface area contributed by atoms with Crippen LogP contribution in [0.1, 0.15) is 0 Å². The lowest BCUT2D eigenvalue weighted by Gasteiger charge is -2.26. The fourth-order valence-electron chi connectivity index (χ4n) is 10.4. The number of furan rings is 1. The molecule has 0 saturated carbocycles. The summed E-state index contributed by atoms with van der Waals surface area (Å²) in [6, 6.07) is 95.9. The molecule has 0 aliphatic heterocycles. The maximum Gasteiger partial charge on any atom is 0.143 e. The van der Waals surface area contributed by atoms with Gasteiger partial charge < -0.3 is 13.9 Å². The number of benzene rings is 11. The number of anilines is 3. The van der Waals surface area contributed by atoms with Gasteiger partial charge in [0, 0.05) is 49.9 Å². The molecular formula is C66H44N2O. The van der Waals surface area contributed by atoms with Crippen LogP contribution in [0.5, 0.6) is 0 Å². The highest BCUT2D eigenvalue weighted by atomic mass is 16.3. The highest BCUT2D eigenvalue weighted by Gasteiger charge is 2.19. The van der Waals surface area contributed by atoms with Crippen molar-refractivity contribution in [2.45, 2.75) is 0 Å². The average molecular weight is 881 g/mol. The van der Waals surface area contributed by atoms with E-state index in [4.69, 9.17) is 4.42 Å². The van der Waals surface area contributed by atoms with Gasteiger partial charge in [0.25, 0.3) is 0 Å². The standard InChI is InChI=1S/C66H44N2O/c1-4-16-46(17-5-1)55-22-10-11-23-56(55)48-32-39-53(40-33-48)67(52-37-30-45(31-38-52)50-36-43-64-61(44-50)59-27-14-26-58(66(59)69-64)47-18-6-2-7-19-47)54-41-34-49(35-42-54)57-25-15-29-63-65(57)60-24-12-13-28-62(60)68(63)51-20-8-3-9-21-51/h1-44H. The Labute approximate surface area is 401 Å². The van der Waals surface area contributed by atoms with Gasteiger partial charge in [-0.3, -0.25) is 0 Å². The van der Waals surface area contributed by atoms with Crippen molar-refractivity contribution in [1.82, 2.24) is 4.57 Å². The zero-order valence-electron chi connectivity index (χ0n) is 37.7. The molecule has 2 heterocycles. The first-order valence-electron chi connectivity index (χ1n) is 23.6. The molecule has 0 unspecified atom stereocenters. The number of fused-ring (bicyclic) bond motifs is 6. The van der Waals surface area contributed by atoms with E-state index in [1.807, 2.05) is 6.07 Å². The van der Waals surface area contributed by atoms with E-state index >= 15 is 0 Å². The first kappa shape index (κ1) is 40.1. The second-order valence-electron chi connectivity index (χ2n) is 17.6. The third-order valence-corrected chi connectivity index (χ3v) is 13.6. The Morgan fingerprint density at radius 1 is 0.290 bits per heavy atom. The predicted molar refractivity (Wildman–Crippen MR) is 290 cm³/mol. The molecular weight excluding hydrogens is 837 g/mol. The van der Waals surface area contributed by atoms with Gasteiger partial charge in [0.1, 0.15) is 11.2 Å². The molecule has 13 rings (SSSR count). The molecule has 324 valence electrons. The Kier molecular flexibility index (Phi) is 9.84. The van der Waals surface area contributed by atoms with Gasteiger partial charge in [0.2, 0.25) is 0 Å². The van der Waals surface area contributed by atoms with Crippen molar-refractivity contribution in [2.24, 2.45) is 0 Å². The summed E-state index contributed by atoms with van der Waals surface area (Å²) in [6.45, 7) is 0. The summed E-state index contributed by atoms with van der Waals surface area (Å²) in [5.74, 6) is 0. The fourth-order valence-corrected chi connectivity index (χ4v) is 10.4. The first-order chi connectivity index (χ1) is 34.2. The zero-order valence-corrected chi connectivity index (χ0v) is 37.7. The minimum absolute atomic E-state index is 0.886. The van der Waals surface area contributed by atoms with Crippen LogP contribution in [0.3, 0.4) is 0 Å². The lowest BCUT2D eigenvalue weighted by atomic mass is 9.94. The van der Waals surface area contributed by atoms with Crippen molar-refractivity contribution >= 4 is 60.8 Å². The van der Waals surface area contributed by atoms with Crippen LogP contribution in [0.4, 0.5) is 17.1 Å². The number of para-hydroxylation sites is 3. The van der Waals surface area contributed by atoms with E-state index in [1.54, 1.807) is 0 Å². The van der Waals surface area contributed by atoms with Crippen LogP contribution < -0.4 is 4.90 Å². The predicted octanol–water partition coefficient (Wildman–Crippen LogP) is 18.5. The Morgan fingerprint density at radius 3 is 1.39 bits per heavy atom. The van der Waals surface area contributed by atoms with Crippen molar-refractivity contribution in [3.63, 3.8) is 0 Å². The number of hydrogen-bond acceptors (Lipinski definition) is 2. The van der Waals surface area contributed by atoms with Crippen molar-refractivity contribution < 1.29 is 4.42 Å². The Morgan fingerprint density at radius 2 is 0.739 bits per heavy atom. The van der Waals surface area contributed by atoms with Crippen LogP contribution in [0.2, 0.25) is 0 Å². The Balaban J connectivity index is 0.896. The summed E-state index contributed by atoms with van der Waals surface area (Å²) < 4.78 is 8.91.